The van der Waals surface area contributed by atoms with Crippen LogP contribution in [0.25, 0.3) is 0 Å². The average molecular weight is 212 g/mol. The van der Waals surface area contributed by atoms with E-state index in [0.29, 0.717) is 13.2 Å². The molecule has 1 fully saturated rings. The molecule has 3 nitrogen and oxygen atoms in total. The smallest absolute Gasteiger partial charge is 0.163 e. The van der Waals surface area contributed by atoms with Crippen LogP contribution in [0.1, 0.15) is 33.1 Å². The fourth-order valence-electron chi connectivity index (χ4n) is 1.49. The Morgan fingerprint density at radius 1 is 1.47 bits per heavy atom. The number of unbranched alkanes of at least 4 members (excludes halogenated alkanes) is 2. The molecule has 1 saturated heterocycles. The highest BCUT2D eigenvalue weighted by atomic mass is 16.7. The van der Waals surface area contributed by atoms with E-state index in [9.17, 15) is 0 Å². The van der Waals surface area contributed by atoms with Crippen molar-refractivity contribution in [3.8, 4) is 12.3 Å². The lowest BCUT2D eigenvalue weighted by Gasteiger charge is -2.16. The molecule has 1 aliphatic heterocycles. The molecule has 0 N–H and O–H groups in total. The maximum Gasteiger partial charge on any atom is 0.163 e. The van der Waals surface area contributed by atoms with Gasteiger partial charge in [-0.05, 0) is 26.7 Å². The summed E-state index contributed by atoms with van der Waals surface area (Å²) in [6.45, 7) is 5.82. The van der Waals surface area contributed by atoms with Gasteiger partial charge < -0.3 is 14.2 Å². The maximum absolute atomic E-state index is 5.60. The van der Waals surface area contributed by atoms with Crippen LogP contribution in [0.2, 0.25) is 0 Å². The van der Waals surface area contributed by atoms with Gasteiger partial charge in [0.2, 0.25) is 0 Å². The van der Waals surface area contributed by atoms with E-state index in [4.69, 9.17) is 20.6 Å². The Balaban J connectivity index is 1.95. The minimum atomic E-state index is -0.447. The van der Waals surface area contributed by atoms with E-state index < -0.39 is 5.79 Å². The summed E-state index contributed by atoms with van der Waals surface area (Å²) in [5, 5.41) is 0. The first kappa shape index (κ1) is 12.5. The van der Waals surface area contributed by atoms with E-state index in [1.165, 1.54) is 0 Å². The molecule has 15 heavy (non-hydrogen) atoms. The Kier molecular flexibility index (Phi) is 5.10. The third-order valence-electron chi connectivity index (χ3n) is 2.23. The van der Waals surface area contributed by atoms with Gasteiger partial charge in [-0.1, -0.05) is 0 Å². The van der Waals surface area contributed by atoms with Crippen LogP contribution in [0, 0.1) is 12.3 Å². The normalized spacial score (nSPS) is 23.9. The molecule has 0 amide bonds. The second-order valence-electron chi connectivity index (χ2n) is 4.19. The van der Waals surface area contributed by atoms with Gasteiger partial charge in [0.25, 0.3) is 0 Å². The summed E-state index contributed by atoms with van der Waals surface area (Å²) < 4.78 is 16.5. The molecule has 0 radical (unpaired) electrons. The number of hydrogen-bond acceptors (Lipinski definition) is 3. The van der Waals surface area contributed by atoms with Crippen molar-refractivity contribution >= 4 is 0 Å². The van der Waals surface area contributed by atoms with Crippen LogP contribution in [-0.2, 0) is 14.2 Å². The second kappa shape index (κ2) is 6.12. The van der Waals surface area contributed by atoms with Crippen LogP contribution >= 0.6 is 0 Å². The van der Waals surface area contributed by atoms with Crippen LogP contribution in [0.15, 0.2) is 0 Å². The molecule has 1 rings (SSSR count). The van der Waals surface area contributed by atoms with Crippen molar-refractivity contribution in [3.63, 3.8) is 0 Å². The zero-order chi connectivity index (χ0) is 11.1. The Bertz CT molecular complexity index is 217. The van der Waals surface area contributed by atoms with Crippen LogP contribution in [0.4, 0.5) is 0 Å². The highest BCUT2D eigenvalue weighted by molar-refractivity contribution is 4.82. The summed E-state index contributed by atoms with van der Waals surface area (Å²) in [4.78, 5) is 0. The summed E-state index contributed by atoms with van der Waals surface area (Å²) in [6, 6.07) is 0. The lowest BCUT2D eigenvalue weighted by molar-refractivity contribution is -0.145. The molecule has 1 heterocycles. The Morgan fingerprint density at radius 3 is 2.87 bits per heavy atom. The van der Waals surface area contributed by atoms with Gasteiger partial charge in [0.05, 0.1) is 13.2 Å². The van der Waals surface area contributed by atoms with Gasteiger partial charge in [-0.15, -0.1) is 12.3 Å². The molecular weight excluding hydrogens is 192 g/mol. The molecule has 86 valence electrons. The lowest BCUT2D eigenvalue weighted by Crippen LogP contribution is -2.24. The summed E-state index contributed by atoms with van der Waals surface area (Å²) in [6.07, 6.45) is 8.10. The topological polar surface area (TPSA) is 27.7 Å². The van der Waals surface area contributed by atoms with Crippen molar-refractivity contribution < 1.29 is 14.2 Å². The Labute approximate surface area is 92.1 Å². The van der Waals surface area contributed by atoms with Crippen LogP contribution in [-0.4, -0.2) is 31.7 Å². The summed E-state index contributed by atoms with van der Waals surface area (Å²) in [5.41, 5.74) is 0. The quantitative estimate of drug-likeness (QED) is 0.497. The molecule has 0 aromatic rings. The van der Waals surface area contributed by atoms with E-state index in [1.807, 2.05) is 13.8 Å². The number of hydrogen-bond donors (Lipinski definition) is 0. The van der Waals surface area contributed by atoms with Gasteiger partial charge in [0, 0.05) is 13.0 Å². The minimum absolute atomic E-state index is 0.0765. The Hall–Kier alpha value is -0.560. The second-order valence-corrected chi connectivity index (χ2v) is 4.19. The van der Waals surface area contributed by atoms with Crippen molar-refractivity contribution in [1.82, 2.24) is 0 Å². The standard InChI is InChI=1S/C12H20O3/c1-4-5-6-7-8-13-9-11-10-14-12(2,3)15-11/h1,11H,5-10H2,2-3H3/t11-/m1/s1. The molecule has 0 spiro atoms. The predicted octanol–water partition coefficient (Wildman–Crippen LogP) is 1.96. The fourth-order valence-corrected chi connectivity index (χ4v) is 1.49. The van der Waals surface area contributed by atoms with Gasteiger partial charge in [-0.25, -0.2) is 0 Å². The number of ether oxygens (including phenoxy) is 3. The fraction of sp³-hybridized carbons (Fsp3) is 0.833. The summed E-state index contributed by atoms with van der Waals surface area (Å²) in [7, 11) is 0. The van der Waals surface area contributed by atoms with Crippen LogP contribution in [0.3, 0.4) is 0 Å². The van der Waals surface area contributed by atoms with E-state index in [0.717, 1.165) is 25.9 Å². The number of terminal acetylenes is 1. The van der Waals surface area contributed by atoms with Gasteiger partial charge in [0.15, 0.2) is 5.79 Å². The lowest BCUT2D eigenvalue weighted by atomic mass is 10.2. The molecule has 0 aliphatic carbocycles. The van der Waals surface area contributed by atoms with E-state index in [2.05, 4.69) is 5.92 Å². The van der Waals surface area contributed by atoms with E-state index in [-0.39, 0.29) is 6.10 Å². The molecule has 0 saturated carbocycles. The highest BCUT2D eigenvalue weighted by Crippen LogP contribution is 2.22. The first-order valence-corrected chi connectivity index (χ1v) is 5.47. The minimum Gasteiger partial charge on any atom is -0.379 e. The summed E-state index contributed by atoms with van der Waals surface area (Å²) >= 11 is 0. The van der Waals surface area contributed by atoms with Crippen molar-refractivity contribution in [3.05, 3.63) is 0 Å². The zero-order valence-electron chi connectivity index (χ0n) is 9.62. The monoisotopic (exact) mass is 212 g/mol. The third kappa shape index (κ3) is 5.17. The van der Waals surface area contributed by atoms with Crippen molar-refractivity contribution in [2.75, 3.05) is 19.8 Å². The van der Waals surface area contributed by atoms with Gasteiger partial charge in [-0.3, -0.25) is 0 Å². The summed E-state index contributed by atoms with van der Waals surface area (Å²) in [5.74, 6) is 2.16. The molecule has 1 atom stereocenters. The molecule has 1 aliphatic rings. The largest absolute Gasteiger partial charge is 0.379 e. The first-order chi connectivity index (χ1) is 7.14. The number of rotatable bonds is 6. The third-order valence-corrected chi connectivity index (χ3v) is 2.23. The van der Waals surface area contributed by atoms with E-state index >= 15 is 0 Å². The van der Waals surface area contributed by atoms with Gasteiger partial charge in [0.1, 0.15) is 6.10 Å². The molecular formula is C12H20O3. The SMILES string of the molecule is C#CCCCCOC[C@@H]1COC(C)(C)O1. The van der Waals surface area contributed by atoms with Crippen molar-refractivity contribution in [2.24, 2.45) is 0 Å². The molecule has 0 unspecified atom stereocenters. The molecule has 0 bridgehead atoms. The van der Waals surface area contributed by atoms with Crippen LogP contribution < -0.4 is 0 Å². The van der Waals surface area contributed by atoms with Gasteiger partial charge in [-0.2, -0.15) is 0 Å². The molecule has 0 aromatic carbocycles. The average Bonchev–Trinajstić information content (AvgIpc) is 2.52. The van der Waals surface area contributed by atoms with E-state index in [1.54, 1.807) is 0 Å². The predicted molar refractivity (Wildman–Crippen MR) is 58.4 cm³/mol. The van der Waals surface area contributed by atoms with Crippen LogP contribution in [0.5, 0.6) is 0 Å². The Morgan fingerprint density at radius 2 is 2.27 bits per heavy atom. The molecule has 3 heteroatoms. The molecule has 0 aromatic heterocycles. The van der Waals surface area contributed by atoms with Crippen molar-refractivity contribution in [1.29, 1.82) is 0 Å². The van der Waals surface area contributed by atoms with Gasteiger partial charge >= 0.3 is 0 Å². The highest BCUT2D eigenvalue weighted by Gasteiger charge is 2.32. The zero-order valence-corrected chi connectivity index (χ0v) is 9.62. The maximum atomic E-state index is 5.60. The first-order valence-electron chi connectivity index (χ1n) is 5.47. The van der Waals surface area contributed by atoms with Crippen molar-refractivity contribution in [2.45, 2.75) is 45.0 Å².